The van der Waals surface area contributed by atoms with Gasteiger partial charge in [-0.25, -0.2) is 4.98 Å². The van der Waals surface area contributed by atoms with Gasteiger partial charge in [0, 0.05) is 16.3 Å². The molecule has 2 aromatic heterocycles. The molecule has 0 saturated heterocycles. The Kier molecular flexibility index (Phi) is 3.74. The summed E-state index contributed by atoms with van der Waals surface area (Å²) >= 11 is 0. The number of nitrogens with zero attached hydrogens (tertiary/aromatic N) is 1. The summed E-state index contributed by atoms with van der Waals surface area (Å²) in [5.41, 5.74) is 13.0. The third-order valence-electron chi connectivity index (χ3n) is 4.06. The van der Waals surface area contributed by atoms with Gasteiger partial charge in [0.2, 0.25) is 0 Å². The molecule has 0 unspecified atom stereocenters. The second-order valence-corrected chi connectivity index (χ2v) is 5.76. The summed E-state index contributed by atoms with van der Waals surface area (Å²) in [6.07, 6.45) is 0. The van der Waals surface area contributed by atoms with Crippen LogP contribution in [0.2, 0.25) is 0 Å². The number of carbonyl (C=O) groups is 2. The number of aromatic nitrogens is 2. The lowest BCUT2D eigenvalue weighted by Crippen LogP contribution is -2.31. The molecule has 4 aromatic rings. The van der Waals surface area contributed by atoms with Gasteiger partial charge in [-0.3, -0.25) is 20.4 Å². The third kappa shape index (κ3) is 2.71. The van der Waals surface area contributed by atoms with Gasteiger partial charge in [0.25, 0.3) is 11.8 Å². The molecule has 2 aromatic carbocycles. The number of para-hydroxylation sites is 2. The number of carbonyl (C=O) groups excluding carboxylic acids is 2. The SMILES string of the molecule is NC(=O)c1cc2c([nH]c3ccccc32)c(C(=O)NNc2ccccc2)n1. The quantitative estimate of drug-likeness (QED) is 0.426. The fraction of sp³-hybridized carbons (Fsp3) is 0. The first-order valence-electron chi connectivity index (χ1n) is 7.96. The molecule has 0 aliphatic carbocycles. The van der Waals surface area contributed by atoms with Crippen molar-refractivity contribution >= 4 is 39.3 Å². The minimum absolute atomic E-state index is 0.0344. The van der Waals surface area contributed by atoms with Crippen LogP contribution in [0.25, 0.3) is 21.8 Å². The first-order chi connectivity index (χ1) is 12.6. The number of benzene rings is 2. The molecule has 0 aliphatic heterocycles. The highest BCUT2D eigenvalue weighted by molar-refractivity contribution is 6.15. The zero-order valence-electron chi connectivity index (χ0n) is 13.6. The molecule has 0 bridgehead atoms. The Labute approximate surface area is 148 Å². The van der Waals surface area contributed by atoms with Crippen LogP contribution >= 0.6 is 0 Å². The van der Waals surface area contributed by atoms with Crippen molar-refractivity contribution in [2.75, 3.05) is 5.43 Å². The Balaban J connectivity index is 1.79. The van der Waals surface area contributed by atoms with Gasteiger partial charge in [0.05, 0.1) is 11.2 Å². The Morgan fingerprint density at radius 2 is 1.69 bits per heavy atom. The number of hydrogen-bond donors (Lipinski definition) is 4. The number of primary amides is 1. The number of nitrogens with one attached hydrogen (secondary N) is 3. The zero-order valence-corrected chi connectivity index (χ0v) is 13.6. The van der Waals surface area contributed by atoms with Gasteiger partial charge in [-0.2, -0.15) is 0 Å². The molecule has 5 N–H and O–H groups in total. The molecule has 128 valence electrons. The van der Waals surface area contributed by atoms with Gasteiger partial charge < -0.3 is 10.7 Å². The van der Waals surface area contributed by atoms with Gasteiger partial charge in [0.15, 0.2) is 5.69 Å². The lowest BCUT2D eigenvalue weighted by molar-refractivity contribution is 0.0959. The van der Waals surface area contributed by atoms with E-state index in [-0.39, 0.29) is 11.4 Å². The normalized spacial score (nSPS) is 10.8. The maximum atomic E-state index is 12.7. The summed E-state index contributed by atoms with van der Waals surface area (Å²) < 4.78 is 0. The van der Waals surface area contributed by atoms with Crippen molar-refractivity contribution in [3.05, 3.63) is 72.1 Å². The van der Waals surface area contributed by atoms with Crippen LogP contribution in [-0.4, -0.2) is 21.8 Å². The number of hydrazine groups is 1. The highest BCUT2D eigenvalue weighted by Gasteiger charge is 2.19. The summed E-state index contributed by atoms with van der Waals surface area (Å²) in [5.74, 6) is -1.17. The van der Waals surface area contributed by atoms with Crippen molar-refractivity contribution in [2.24, 2.45) is 5.73 Å². The van der Waals surface area contributed by atoms with E-state index in [1.165, 1.54) is 0 Å². The highest BCUT2D eigenvalue weighted by atomic mass is 16.2. The number of anilines is 1. The predicted molar refractivity (Wildman–Crippen MR) is 99.6 cm³/mol. The molecule has 2 heterocycles. The standard InChI is InChI=1S/C19H15N5O2/c20-18(25)15-10-13-12-8-4-5-9-14(12)21-16(13)17(22-15)19(26)24-23-11-6-2-1-3-7-11/h1-10,21,23H,(H2,20,25)(H,24,26). The van der Waals surface area contributed by atoms with Crippen LogP contribution in [-0.2, 0) is 0 Å². The van der Waals surface area contributed by atoms with Crippen LogP contribution < -0.4 is 16.6 Å². The number of hydrogen-bond acceptors (Lipinski definition) is 4. The largest absolute Gasteiger partial charge is 0.364 e. The molecule has 0 saturated carbocycles. The molecule has 26 heavy (non-hydrogen) atoms. The summed E-state index contributed by atoms with van der Waals surface area (Å²) in [4.78, 5) is 31.7. The maximum absolute atomic E-state index is 12.7. The molecule has 0 fully saturated rings. The second kappa shape index (κ2) is 6.21. The van der Waals surface area contributed by atoms with Crippen LogP contribution in [0.3, 0.4) is 0 Å². The second-order valence-electron chi connectivity index (χ2n) is 5.76. The van der Waals surface area contributed by atoms with Gasteiger partial charge in [-0.1, -0.05) is 36.4 Å². The van der Waals surface area contributed by atoms with Gasteiger partial charge in [-0.05, 0) is 24.3 Å². The molecule has 2 amide bonds. The Morgan fingerprint density at radius 1 is 0.962 bits per heavy atom. The fourth-order valence-corrected chi connectivity index (χ4v) is 2.85. The Morgan fingerprint density at radius 3 is 2.46 bits per heavy atom. The molecule has 0 aliphatic rings. The Bertz CT molecular complexity index is 1130. The number of fused-ring (bicyclic) bond motifs is 3. The van der Waals surface area contributed by atoms with E-state index in [9.17, 15) is 9.59 Å². The molecule has 0 atom stereocenters. The monoisotopic (exact) mass is 345 g/mol. The summed E-state index contributed by atoms with van der Waals surface area (Å²) in [5, 5.41) is 1.60. The molecule has 4 rings (SSSR count). The van der Waals surface area contributed by atoms with Crippen molar-refractivity contribution in [1.82, 2.24) is 15.4 Å². The first-order valence-corrected chi connectivity index (χ1v) is 7.96. The number of pyridine rings is 1. The molecule has 0 spiro atoms. The van der Waals surface area contributed by atoms with Gasteiger partial charge >= 0.3 is 0 Å². The smallest absolute Gasteiger partial charge is 0.290 e. The van der Waals surface area contributed by atoms with E-state index in [0.29, 0.717) is 10.9 Å². The van der Waals surface area contributed by atoms with Crippen molar-refractivity contribution in [3.63, 3.8) is 0 Å². The lowest BCUT2D eigenvalue weighted by Gasteiger charge is -2.09. The average Bonchev–Trinajstić information content (AvgIpc) is 3.04. The summed E-state index contributed by atoms with van der Waals surface area (Å²) in [6, 6.07) is 18.3. The number of rotatable bonds is 4. The minimum atomic E-state index is -0.692. The number of nitrogens with two attached hydrogens (primary N) is 1. The van der Waals surface area contributed by atoms with E-state index >= 15 is 0 Å². The van der Waals surface area contributed by atoms with E-state index in [1.54, 1.807) is 6.07 Å². The molecule has 7 heteroatoms. The maximum Gasteiger partial charge on any atom is 0.290 e. The van der Waals surface area contributed by atoms with E-state index < -0.39 is 11.8 Å². The summed E-state index contributed by atoms with van der Waals surface area (Å²) in [6.45, 7) is 0. The zero-order chi connectivity index (χ0) is 18.1. The topological polar surface area (TPSA) is 113 Å². The van der Waals surface area contributed by atoms with E-state index in [2.05, 4.69) is 20.8 Å². The van der Waals surface area contributed by atoms with Crippen LogP contribution in [0.15, 0.2) is 60.7 Å². The van der Waals surface area contributed by atoms with Gasteiger partial charge in [0.1, 0.15) is 5.69 Å². The van der Waals surface area contributed by atoms with Crippen molar-refractivity contribution in [3.8, 4) is 0 Å². The Hall–Kier alpha value is -3.87. The highest BCUT2D eigenvalue weighted by Crippen LogP contribution is 2.27. The first kappa shape index (κ1) is 15.6. The van der Waals surface area contributed by atoms with Gasteiger partial charge in [-0.15, -0.1) is 0 Å². The molecular formula is C19H15N5O2. The van der Waals surface area contributed by atoms with Crippen LogP contribution in [0.1, 0.15) is 21.0 Å². The van der Waals surface area contributed by atoms with Crippen LogP contribution in [0.5, 0.6) is 0 Å². The van der Waals surface area contributed by atoms with Crippen molar-refractivity contribution in [2.45, 2.75) is 0 Å². The van der Waals surface area contributed by atoms with Crippen LogP contribution in [0.4, 0.5) is 5.69 Å². The fourth-order valence-electron chi connectivity index (χ4n) is 2.85. The number of aromatic amines is 1. The number of amides is 2. The predicted octanol–water partition coefficient (Wildman–Crippen LogP) is 2.57. The van der Waals surface area contributed by atoms with E-state index in [4.69, 9.17) is 5.73 Å². The average molecular weight is 345 g/mol. The van der Waals surface area contributed by atoms with Crippen molar-refractivity contribution in [1.29, 1.82) is 0 Å². The van der Waals surface area contributed by atoms with E-state index in [1.807, 2.05) is 54.6 Å². The minimum Gasteiger partial charge on any atom is -0.364 e. The third-order valence-corrected chi connectivity index (χ3v) is 4.06. The molecule has 0 radical (unpaired) electrons. The number of H-pyrrole nitrogens is 1. The molecular weight excluding hydrogens is 330 g/mol. The van der Waals surface area contributed by atoms with E-state index in [0.717, 1.165) is 16.6 Å². The lowest BCUT2D eigenvalue weighted by atomic mass is 10.1. The van der Waals surface area contributed by atoms with Crippen LogP contribution in [0, 0.1) is 0 Å². The molecule has 7 nitrogen and oxygen atoms in total. The van der Waals surface area contributed by atoms with Crippen molar-refractivity contribution < 1.29 is 9.59 Å². The summed E-state index contributed by atoms with van der Waals surface area (Å²) in [7, 11) is 0.